The molecule has 0 saturated carbocycles. The molecule has 0 unspecified atom stereocenters. The molecule has 5 nitrogen and oxygen atoms in total. The molecule has 2 N–H and O–H groups in total. The van der Waals surface area contributed by atoms with Gasteiger partial charge in [-0.25, -0.2) is 0 Å². The Balaban J connectivity index is 1.48. The summed E-state index contributed by atoms with van der Waals surface area (Å²) in [5, 5.41) is 6.45. The number of amides is 1. The maximum atomic E-state index is 12.4. The van der Waals surface area contributed by atoms with Gasteiger partial charge in [-0.2, -0.15) is 0 Å². The van der Waals surface area contributed by atoms with Crippen molar-refractivity contribution in [2.45, 2.75) is 33.1 Å². The fraction of sp³-hybridized carbons (Fsp3) is 0.333. The van der Waals surface area contributed by atoms with Gasteiger partial charge in [0.15, 0.2) is 0 Å². The van der Waals surface area contributed by atoms with Crippen LogP contribution in [0.5, 0.6) is 0 Å². The van der Waals surface area contributed by atoms with Crippen LogP contribution in [-0.4, -0.2) is 42.0 Å². The molecule has 1 aromatic heterocycles. The third-order valence-corrected chi connectivity index (χ3v) is 5.59. The number of aryl methyl sites for hydroxylation is 2. The fourth-order valence-electron chi connectivity index (χ4n) is 3.64. The van der Waals surface area contributed by atoms with Gasteiger partial charge in [-0.05, 0) is 93.0 Å². The van der Waals surface area contributed by atoms with E-state index in [0.29, 0.717) is 12.1 Å². The smallest absolute Gasteiger partial charge is 0.251 e. The van der Waals surface area contributed by atoms with E-state index in [-0.39, 0.29) is 5.91 Å². The summed E-state index contributed by atoms with van der Waals surface area (Å²) < 4.78 is 0. The quantitative estimate of drug-likeness (QED) is 0.394. The van der Waals surface area contributed by atoms with E-state index in [4.69, 9.17) is 0 Å². The van der Waals surface area contributed by atoms with Crippen molar-refractivity contribution in [3.05, 3.63) is 89.7 Å². The van der Waals surface area contributed by atoms with Crippen molar-refractivity contribution in [2.75, 3.05) is 31.5 Å². The van der Waals surface area contributed by atoms with Gasteiger partial charge in [-0.3, -0.25) is 9.78 Å². The molecule has 0 spiro atoms. The zero-order valence-corrected chi connectivity index (χ0v) is 19.2. The maximum Gasteiger partial charge on any atom is 0.251 e. The molecule has 0 radical (unpaired) electrons. The zero-order valence-electron chi connectivity index (χ0n) is 19.2. The van der Waals surface area contributed by atoms with Gasteiger partial charge in [0.05, 0.1) is 0 Å². The normalized spacial score (nSPS) is 10.8. The van der Waals surface area contributed by atoms with Crippen LogP contribution in [-0.2, 0) is 12.8 Å². The molecule has 3 rings (SSSR count). The van der Waals surface area contributed by atoms with Crippen LogP contribution < -0.4 is 10.6 Å². The molecule has 1 heterocycles. The highest BCUT2D eigenvalue weighted by molar-refractivity contribution is 5.94. The molecule has 1 amide bonds. The van der Waals surface area contributed by atoms with E-state index in [9.17, 15) is 4.79 Å². The van der Waals surface area contributed by atoms with Crippen molar-refractivity contribution in [1.29, 1.82) is 0 Å². The number of hydrogen-bond donors (Lipinski definition) is 2. The second-order valence-electron chi connectivity index (χ2n) is 7.86. The number of anilines is 2. The van der Waals surface area contributed by atoms with Crippen LogP contribution in [0, 0.1) is 0 Å². The Morgan fingerprint density at radius 1 is 0.906 bits per heavy atom. The number of benzene rings is 2. The van der Waals surface area contributed by atoms with Crippen molar-refractivity contribution < 1.29 is 4.79 Å². The van der Waals surface area contributed by atoms with Gasteiger partial charge in [0.25, 0.3) is 5.91 Å². The second-order valence-corrected chi connectivity index (χ2v) is 7.86. The summed E-state index contributed by atoms with van der Waals surface area (Å²) in [7, 11) is 0. The van der Waals surface area contributed by atoms with Crippen molar-refractivity contribution in [2.24, 2.45) is 0 Å². The molecule has 0 atom stereocenters. The molecule has 0 saturated heterocycles. The van der Waals surface area contributed by atoms with Gasteiger partial charge in [0, 0.05) is 35.4 Å². The van der Waals surface area contributed by atoms with Gasteiger partial charge in [0.2, 0.25) is 0 Å². The van der Waals surface area contributed by atoms with E-state index < -0.39 is 0 Å². The molecule has 168 valence electrons. The number of hydrogen-bond acceptors (Lipinski definition) is 4. The van der Waals surface area contributed by atoms with Crippen LogP contribution in [0.25, 0.3) is 0 Å². The molecule has 32 heavy (non-hydrogen) atoms. The molecule has 5 heteroatoms. The summed E-state index contributed by atoms with van der Waals surface area (Å²) in [6.45, 7) is 8.13. The predicted octanol–water partition coefficient (Wildman–Crippen LogP) is 5.07. The Bertz CT molecular complexity index is 953. The van der Waals surface area contributed by atoms with E-state index in [1.165, 1.54) is 5.56 Å². The van der Waals surface area contributed by atoms with Crippen molar-refractivity contribution in [3.8, 4) is 0 Å². The SMILES string of the molecule is CCN(CC)CCCNC(=O)c1ccc(Nc2cccc(CCc3ccccn3)c2)cc1. The standard InChI is InChI=1S/C27H34N4O/c1-3-31(4-2)20-8-19-29-27(32)23-13-16-25(17-14-23)30-26-11-7-9-22(21-26)12-15-24-10-5-6-18-28-24/h5-7,9-11,13-14,16-18,21,30H,3-4,8,12,15,19-20H2,1-2H3,(H,29,32). The Morgan fingerprint density at radius 2 is 1.72 bits per heavy atom. The molecule has 2 aromatic carbocycles. The minimum Gasteiger partial charge on any atom is -0.356 e. The number of nitrogens with zero attached hydrogens (tertiary/aromatic N) is 2. The minimum atomic E-state index is -0.0207. The summed E-state index contributed by atoms with van der Waals surface area (Å²) in [6.07, 6.45) is 4.66. The van der Waals surface area contributed by atoms with Crippen molar-refractivity contribution in [3.63, 3.8) is 0 Å². The molecule has 0 aliphatic carbocycles. The van der Waals surface area contributed by atoms with E-state index >= 15 is 0 Å². The first-order valence-corrected chi connectivity index (χ1v) is 11.5. The molecule has 0 aliphatic rings. The zero-order chi connectivity index (χ0) is 22.6. The molecule has 3 aromatic rings. The molecule has 0 aliphatic heterocycles. The summed E-state index contributed by atoms with van der Waals surface area (Å²) in [5.41, 5.74) is 5.05. The molecule has 0 fully saturated rings. The Kier molecular flexibility index (Phi) is 9.26. The van der Waals surface area contributed by atoms with Crippen LogP contribution in [0.3, 0.4) is 0 Å². The third-order valence-electron chi connectivity index (χ3n) is 5.59. The number of aromatic nitrogens is 1. The van der Waals surface area contributed by atoms with E-state index in [0.717, 1.165) is 56.0 Å². The van der Waals surface area contributed by atoms with Gasteiger partial charge in [0.1, 0.15) is 0 Å². The molecule has 0 bridgehead atoms. The number of carbonyl (C=O) groups is 1. The lowest BCUT2D eigenvalue weighted by atomic mass is 10.1. The maximum absolute atomic E-state index is 12.4. The lowest BCUT2D eigenvalue weighted by Gasteiger charge is -2.17. The second kappa shape index (κ2) is 12.6. The molecular formula is C27H34N4O. The number of pyridine rings is 1. The Morgan fingerprint density at radius 3 is 2.44 bits per heavy atom. The van der Waals surface area contributed by atoms with Gasteiger partial charge in [-0.15, -0.1) is 0 Å². The highest BCUT2D eigenvalue weighted by atomic mass is 16.1. The van der Waals surface area contributed by atoms with Crippen LogP contribution in [0.1, 0.15) is 41.9 Å². The minimum absolute atomic E-state index is 0.0207. The number of rotatable bonds is 12. The van der Waals surface area contributed by atoms with Gasteiger partial charge >= 0.3 is 0 Å². The summed E-state index contributed by atoms with van der Waals surface area (Å²) >= 11 is 0. The van der Waals surface area contributed by atoms with E-state index in [1.54, 1.807) is 0 Å². The number of nitrogens with one attached hydrogen (secondary N) is 2. The third kappa shape index (κ3) is 7.50. The monoisotopic (exact) mass is 430 g/mol. The summed E-state index contributed by atoms with van der Waals surface area (Å²) in [6, 6.07) is 22.1. The highest BCUT2D eigenvalue weighted by Crippen LogP contribution is 2.19. The van der Waals surface area contributed by atoms with E-state index in [1.807, 2.05) is 42.6 Å². The lowest BCUT2D eigenvalue weighted by molar-refractivity contribution is 0.0952. The average Bonchev–Trinajstić information content (AvgIpc) is 2.84. The molecular weight excluding hydrogens is 396 g/mol. The Labute approximate surface area is 191 Å². The van der Waals surface area contributed by atoms with Crippen LogP contribution in [0.2, 0.25) is 0 Å². The van der Waals surface area contributed by atoms with E-state index in [2.05, 4.69) is 64.7 Å². The Hall–Kier alpha value is -3.18. The first kappa shape index (κ1) is 23.5. The first-order valence-electron chi connectivity index (χ1n) is 11.5. The highest BCUT2D eigenvalue weighted by Gasteiger charge is 2.06. The first-order chi connectivity index (χ1) is 15.7. The average molecular weight is 431 g/mol. The predicted molar refractivity (Wildman–Crippen MR) is 133 cm³/mol. The van der Waals surface area contributed by atoms with Crippen molar-refractivity contribution >= 4 is 17.3 Å². The van der Waals surface area contributed by atoms with Gasteiger partial charge in [-0.1, -0.05) is 32.0 Å². The largest absolute Gasteiger partial charge is 0.356 e. The van der Waals surface area contributed by atoms with Gasteiger partial charge < -0.3 is 15.5 Å². The van der Waals surface area contributed by atoms with Crippen LogP contribution >= 0.6 is 0 Å². The van der Waals surface area contributed by atoms with Crippen LogP contribution in [0.4, 0.5) is 11.4 Å². The topological polar surface area (TPSA) is 57.3 Å². The summed E-state index contributed by atoms with van der Waals surface area (Å²) in [4.78, 5) is 19.1. The fourth-order valence-corrected chi connectivity index (χ4v) is 3.64. The van der Waals surface area contributed by atoms with Crippen molar-refractivity contribution in [1.82, 2.24) is 15.2 Å². The number of carbonyl (C=O) groups excluding carboxylic acids is 1. The lowest BCUT2D eigenvalue weighted by Crippen LogP contribution is -2.29. The van der Waals surface area contributed by atoms with Crippen LogP contribution in [0.15, 0.2) is 72.9 Å². The summed E-state index contributed by atoms with van der Waals surface area (Å²) in [5.74, 6) is -0.0207.